The Bertz CT molecular complexity index is 503. The Morgan fingerprint density at radius 3 is 3.10 bits per heavy atom. The third-order valence-electron chi connectivity index (χ3n) is 3.37. The van der Waals surface area contributed by atoms with Crippen molar-refractivity contribution in [1.82, 2.24) is 15.2 Å². The number of rotatable bonds is 5. The first kappa shape index (κ1) is 15.7. The van der Waals surface area contributed by atoms with Crippen molar-refractivity contribution in [2.45, 2.75) is 19.4 Å². The minimum atomic E-state index is -1.05. The lowest BCUT2D eigenvalue weighted by Gasteiger charge is -2.32. The van der Waals surface area contributed by atoms with E-state index < -0.39 is 5.97 Å². The lowest BCUT2D eigenvalue weighted by molar-refractivity contribution is 0.0691. The number of carboxylic acid groups (broad SMARTS) is 1. The summed E-state index contributed by atoms with van der Waals surface area (Å²) in [6.45, 7) is 2.35. The van der Waals surface area contributed by atoms with Crippen molar-refractivity contribution < 1.29 is 19.4 Å². The number of methoxy groups -OCH3 is 1. The molecule has 2 rings (SSSR count). The van der Waals surface area contributed by atoms with Crippen molar-refractivity contribution in [2.75, 3.05) is 26.8 Å². The molecule has 2 heterocycles. The number of thiazole rings is 1. The van der Waals surface area contributed by atoms with Gasteiger partial charge in [0.05, 0.1) is 13.2 Å². The maximum atomic E-state index is 12.1. The molecule has 116 valence electrons. The van der Waals surface area contributed by atoms with E-state index in [1.165, 1.54) is 16.7 Å². The Kier molecular flexibility index (Phi) is 5.51. The molecule has 2 N–H and O–H groups in total. The molecule has 1 atom stereocenters. The fraction of sp³-hybridized carbons (Fsp3) is 0.615. The summed E-state index contributed by atoms with van der Waals surface area (Å²) >= 11 is 1.23. The quantitative estimate of drug-likeness (QED) is 0.857. The molecule has 1 fully saturated rings. The molecule has 0 aliphatic carbocycles. The molecule has 1 unspecified atom stereocenters. The van der Waals surface area contributed by atoms with Crippen molar-refractivity contribution in [1.29, 1.82) is 0 Å². The van der Waals surface area contributed by atoms with Gasteiger partial charge in [-0.25, -0.2) is 14.6 Å². The summed E-state index contributed by atoms with van der Waals surface area (Å²) in [7, 11) is 1.67. The highest BCUT2D eigenvalue weighted by molar-refractivity contribution is 7.09. The van der Waals surface area contributed by atoms with Gasteiger partial charge in [-0.3, -0.25) is 0 Å². The van der Waals surface area contributed by atoms with Crippen LogP contribution in [0.25, 0.3) is 0 Å². The molecule has 0 bridgehead atoms. The van der Waals surface area contributed by atoms with Crippen LogP contribution < -0.4 is 5.32 Å². The molecule has 1 aromatic heterocycles. The van der Waals surface area contributed by atoms with E-state index in [4.69, 9.17) is 9.84 Å². The normalized spacial score (nSPS) is 18.5. The van der Waals surface area contributed by atoms with Gasteiger partial charge in [-0.05, 0) is 12.8 Å². The van der Waals surface area contributed by atoms with Crippen LogP contribution in [0.2, 0.25) is 0 Å². The third-order valence-corrected chi connectivity index (χ3v) is 4.22. The van der Waals surface area contributed by atoms with Crippen molar-refractivity contribution in [3.05, 3.63) is 16.1 Å². The molecule has 1 saturated heterocycles. The van der Waals surface area contributed by atoms with E-state index in [0.29, 0.717) is 24.1 Å². The second-order valence-corrected chi connectivity index (χ2v) is 5.94. The maximum Gasteiger partial charge on any atom is 0.355 e. The van der Waals surface area contributed by atoms with Gasteiger partial charge in [0.2, 0.25) is 0 Å². The number of aromatic carboxylic acids is 1. The first-order valence-electron chi connectivity index (χ1n) is 6.79. The number of carboxylic acids is 1. The standard InChI is InChI=1S/C13H19N3O4S/c1-20-7-9-3-2-4-16(6-9)13(19)14-5-11-15-10(8-21-11)12(17)18/h8-9H,2-7H2,1H3,(H,14,19)(H,17,18). The molecule has 2 amide bonds. The molecule has 0 aromatic carbocycles. The monoisotopic (exact) mass is 313 g/mol. The number of nitrogens with one attached hydrogen (secondary N) is 1. The highest BCUT2D eigenvalue weighted by Gasteiger charge is 2.23. The van der Waals surface area contributed by atoms with Gasteiger partial charge in [0.1, 0.15) is 5.01 Å². The van der Waals surface area contributed by atoms with Crippen molar-refractivity contribution in [3.8, 4) is 0 Å². The van der Waals surface area contributed by atoms with Crippen LogP contribution in [0.4, 0.5) is 4.79 Å². The van der Waals surface area contributed by atoms with Crippen LogP contribution in [0.5, 0.6) is 0 Å². The Morgan fingerprint density at radius 2 is 2.43 bits per heavy atom. The lowest BCUT2D eigenvalue weighted by atomic mass is 9.99. The molecule has 21 heavy (non-hydrogen) atoms. The molecular weight excluding hydrogens is 294 g/mol. The first-order chi connectivity index (χ1) is 10.1. The van der Waals surface area contributed by atoms with Gasteiger partial charge in [0.25, 0.3) is 0 Å². The zero-order valence-electron chi connectivity index (χ0n) is 11.9. The van der Waals surface area contributed by atoms with E-state index >= 15 is 0 Å². The summed E-state index contributed by atoms with van der Waals surface area (Å²) in [5, 5.41) is 13.6. The minimum absolute atomic E-state index is 0.0161. The second-order valence-electron chi connectivity index (χ2n) is 5.00. The van der Waals surface area contributed by atoms with Gasteiger partial charge in [0.15, 0.2) is 5.69 Å². The van der Waals surface area contributed by atoms with Crippen LogP contribution in [0.3, 0.4) is 0 Å². The van der Waals surface area contributed by atoms with E-state index in [1.807, 2.05) is 0 Å². The summed E-state index contributed by atoms with van der Waals surface area (Å²) in [6, 6.07) is -0.136. The number of hydrogen-bond acceptors (Lipinski definition) is 5. The molecule has 1 aliphatic heterocycles. The Morgan fingerprint density at radius 1 is 1.62 bits per heavy atom. The van der Waals surface area contributed by atoms with Gasteiger partial charge >= 0.3 is 12.0 Å². The molecule has 8 heteroatoms. The highest BCUT2D eigenvalue weighted by Crippen LogP contribution is 2.17. The number of hydrogen-bond donors (Lipinski definition) is 2. The number of carbonyl (C=O) groups is 2. The maximum absolute atomic E-state index is 12.1. The number of likely N-dealkylation sites (tertiary alicyclic amines) is 1. The van der Waals surface area contributed by atoms with Crippen LogP contribution >= 0.6 is 11.3 Å². The number of nitrogens with zero attached hydrogens (tertiary/aromatic N) is 2. The van der Waals surface area contributed by atoms with Crippen LogP contribution in [-0.4, -0.2) is 53.8 Å². The van der Waals surface area contributed by atoms with Gasteiger partial charge in [-0.1, -0.05) is 0 Å². The molecule has 7 nitrogen and oxygen atoms in total. The number of piperidine rings is 1. The predicted molar refractivity (Wildman–Crippen MR) is 77.5 cm³/mol. The smallest absolute Gasteiger partial charge is 0.355 e. The SMILES string of the molecule is COCC1CCCN(C(=O)NCc2nc(C(=O)O)cs2)C1. The number of urea groups is 1. The predicted octanol–water partition coefficient (Wildman–Crippen LogP) is 1.41. The average molecular weight is 313 g/mol. The summed E-state index contributed by atoms with van der Waals surface area (Å²) in [5.74, 6) is -0.671. The van der Waals surface area contributed by atoms with Gasteiger partial charge in [-0.15, -0.1) is 11.3 Å². The Labute approximate surface area is 126 Å². The average Bonchev–Trinajstić information content (AvgIpc) is 2.94. The van der Waals surface area contributed by atoms with Crippen molar-refractivity contribution in [3.63, 3.8) is 0 Å². The van der Waals surface area contributed by atoms with E-state index in [1.54, 1.807) is 12.0 Å². The molecular formula is C13H19N3O4S. The molecule has 1 aromatic rings. The van der Waals surface area contributed by atoms with Gasteiger partial charge in [-0.2, -0.15) is 0 Å². The topological polar surface area (TPSA) is 91.8 Å². The van der Waals surface area contributed by atoms with E-state index in [-0.39, 0.29) is 18.3 Å². The fourth-order valence-electron chi connectivity index (χ4n) is 2.37. The number of aromatic nitrogens is 1. The largest absolute Gasteiger partial charge is 0.476 e. The Balaban J connectivity index is 1.81. The van der Waals surface area contributed by atoms with Crippen LogP contribution in [0, 0.1) is 5.92 Å². The molecule has 0 radical (unpaired) electrons. The van der Waals surface area contributed by atoms with E-state index in [0.717, 1.165) is 19.4 Å². The zero-order valence-corrected chi connectivity index (χ0v) is 12.7. The van der Waals surface area contributed by atoms with E-state index in [2.05, 4.69) is 10.3 Å². The lowest BCUT2D eigenvalue weighted by Crippen LogP contribution is -2.46. The minimum Gasteiger partial charge on any atom is -0.476 e. The molecule has 1 aliphatic rings. The number of amides is 2. The molecule has 0 saturated carbocycles. The number of ether oxygens (including phenoxy) is 1. The second kappa shape index (κ2) is 7.37. The molecule has 0 spiro atoms. The van der Waals surface area contributed by atoms with Gasteiger partial charge < -0.3 is 20.1 Å². The van der Waals surface area contributed by atoms with E-state index in [9.17, 15) is 9.59 Å². The van der Waals surface area contributed by atoms with Crippen molar-refractivity contribution >= 4 is 23.3 Å². The van der Waals surface area contributed by atoms with Crippen molar-refractivity contribution in [2.24, 2.45) is 5.92 Å². The Hall–Kier alpha value is -1.67. The number of carbonyl (C=O) groups excluding carboxylic acids is 1. The zero-order chi connectivity index (χ0) is 15.2. The first-order valence-corrected chi connectivity index (χ1v) is 7.67. The fourth-order valence-corrected chi connectivity index (χ4v) is 3.08. The highest BCUT2D eigenvalue weighted by atomic mass is 32.1. The summed E-state index contributed by atoms with van der Waals surface area (Å²) in [4.78, 5) is 28.5. The summed E-state index contributed by atoms with van der Waals surface area (Å²) < 4.78 is 5.14. The van der Waals surface area contributed by atoms with Gasteiger partial charge in [0, 0.05) is 31.5 Å². The van der Waals surface area contributed by atoms with Crippen LogP contribution in [-0.2, 0) is 11.3 Å². The summed E-state index contributed by atoms with van der Waals surface area (Å²) in [6.07, 6.45) is 2.05. The van der Waals surface area contributed by atoms with Crippen LogP contribution in [0.15, 0.2) is 5.38 Å². The van der Waals surface area contributed by atoms with Crippen LogP contribution in [0.1, 0.15) is 28.3 Å². The summed E-state index contributed by atoms with van der Waals surface area (Å²) in [5.41, 5.74) is 0.0161. The third kappa shape index (κ3) is 4.40.